The number of hydrogen-bond donors (Lipinski definition) is 3. The van der Waals surface area contributed by atoms with E-state index in [2.05, 4.69) is 15.6 Å². The van der Waals surface area contributed by atoms with Crippen LogP contribution < -0.4 is 10.6 Å². The number of H-pyrrole nitrogens is 1. The van der Waals surface area contributed by atoms with E-state index in [0.717, 1.165) is 16.5 Å². The van der Waals surface area contributed by atoms with Gasteiger partial charge >= 0.3 is 6.03 Å². The first-order valence-corrected chi connectivity index (χ1v) is 10.8. The molecule has 32 heavy (non-hydrogen) atoms. The molecule has 2 aromatic carbocycles. The number of nitrogens with zero attached hydrogens (tertiary/aromatic N) is 2. The Morgan fingerprint density at radius 2 is 1.66 bits per heavy atom. The molecule has 1 atom stereocenters. The zero-order valence-electron chi connectivity index (χ0n) is 18.0. The van der Waals surface area contributed by atoms with Gasteiger partial charge in [-0.1, -0.05) is 48.5 Å². The summed E-state index contributed by atoms with van der Waals surface area (Å²) in [6.45, 7) is 4.26. The van der Waals surface area contributed by atoms with Crippen molar-refractivity contribution in [3.8, 4) is 0 Å². The number of benzene rings is 2. The van der Waals surface area contributed by atoms with Gasteiger partial charge in [-0.15, -0.1) is 0 Å². The van der Waals surface area contributed by atoms with Crippen LogP contribution >= 0.6 is 0 Å². The molecule has 8 nitrogen and oxygen atoms in total. The zero-order valence-corrected chi connectivity index (χ0v) is 18.0. The van der Waals surface area contributed by atoms with Gasteiger partial charge in [0.2, 0.25) is 5.91 Å². The Morgan fingerprint density at radius 1 is 0.969 bits per heavy atom. The maximum absolute atomic E-state index is 13.0. The minimum atomic E-state index is -0.607. The highest BCUT2D eigenvalue weighted by Crippen LogP contribution is 2.24. The maximum atomic E-state index is 13.0. The summed E-state index contributed by atoms with van der Waals surface area (Å²) in [5.74, 6) is -0.429. The minimum Gasteiger partial charge on any atom is -0.351 e. The van der Waals surface area contributed by atoms with Gasteiger partial charge in [0.1, 0.15) is 11.7 Å². The highest BCUT2D eigenvalue weighted by Gasteiger charge is 2.32. The molecule has 0 bridgehead atoms. The van der Waals surface area contributed by atoms with Gasteiger partial charge in [-0.05, 0) is 24.6 Å². The van der Waals surface area contributed by atoms with Crippen molar-refractivity contribution >= 4 is 28.7 Å². The quantitative estimate of drug-likeness (QED) is 0.576. The van der Waals surface area contributed by atoms with E-state index in [9.17, 15) is 14.4 Å². The molecule has 1 fully saturated rings. The zero-order chi connectivity index (χ0) is 22.5. The highest BCUT2D eigenvalue weighted by atomic mass is 16.2. The average molecular weight is 434 g/mol. The van der Waals surface area contributed by atoms with Crippen LogP contribution in [0.3, 0.4) is 0 Å². The molecular weight excluding hydrogens is 406 g/mol. The van der Waals surface area contributed by atoms with Gasteiger partial charge in [-0.25, -0.2) is 4.79 Å². The Kier molecular flexibility index (Phi) is 6.51. The topological polar surface area (TPSA) is 97.5 Å². The Bertz CT molecular complexity index is 1070. The first-order valence-electron chi connectivity index (χ1n) is 10.8. The number of rotatable bonds is 5. The molecule has 8 heteroatoms. The lowest BCUT2D eigenvalue weighted by molar-refractivity contribution is -0.126. The van der Waals surface area contributed by atoms with Gasteiger partial charge in [0.05, 0.1) is 0 Å². The van der Waals surface area contributed by atoms with Crippen LogP contribution in [-0.4, -0.2) is 65.4 Å². The van der Waals surface area contributed by atoms with Crippen molar-refractivity contribution in [3.05, 3.63) is 71.9 Å². The number of para-hydroxylation sites is 1. The molecule has 1 aromatic heterocycles. The van der Waals surface area contributed by atoms with Crippen LogP contribution in [0.25, 0.3) is 10.9 Å². The summed E-state index contributed by atoms with van der Waals surface area (Å²) in [5.41, 5.74) is 2.30. The fourth-order valence-corrected chi connectivity index (χ4v) is 4.09. The lowest BCUT2D eigenvalue weighted by Gasteiger charge is -2.38. The fraction of sp³-hybridized carbons (Fsp3) is 0.292. The van der Waals surface area contributed by atoms with Gasteiger partial charge in [0, 0.05) is 43.6 Å². The molecule has 0 saturated carbocycles. The number of aromatic amines is 1. The molecule has 166 valence electrons. The van der Waals surface area contributed by atoms with E-state index in [4.69, 9.17) is 0 Å². The predicted molar refractivity (Wildman–Crippen MR) is 122 cm³/mol. The summed E-state index contributed by atoms with van der Waals surface area (Å²) in [6, 6.07) is 17.9. The van der Waals surface area contributed by atoms with Crippen LogP contribution in [0.4, 0.5) is 4.79 Å². The number of piperazine rings is 1. The SMILES string of the molecule is CCNC(=O)NC(=O)C(c1ccccc1)N1CCN(C(=O)c2cc3ccccc3[nH]2)CC1. The number of carbonyl (C=O) groups is 3. The summed E-state index contributed by atoms with van der Waals surface area (Å²) >= 11 is 0. The second kappa shape index (κ2) is 9.65. The summed E-state index contributed by atoms with van der Waals surface area (Å²) in [5, 5.41) is 6.03. The van der Waals surface area contributed by atoms with E-state index in [1.807, 2.05) is 65.6 Å². The lowest BCUT2D eigenvalue weighted by atomic mass is 10.0. The van der Waals surface area contributed by atoms with Crippen molar-refractivity contribution in [1.29, 1.82) is 0 Å². The van der Waals surface area contributed by atoms with Crippen molar-refractivity contribution in [2.75, 3.05) is 32.7 Å². The molecule has 0 aliphatic carbocycles. The first-order chi connectivity index (χ1) is 15.6. The van der Waals surface area contributed by atoms with Gasteiger partial charge in [-0.2, -0.15) is 0 Å². The number of hydrogen-bond acceptors (Lipinski definition) is 4. The molecule has 1 aliphatic rings. The molecule has 3 aromatic rings. The third kappa shape index (κ3) is 4.65. The summed E-state index contributed by atoms with van der Waals surface area (Å²) in [6.07, 6.45) is 0. The number of carbonyl (C=O) groups excluding carboxylic acids is 3. The maximum Gasteiger partial charge on any atom is 0.321 e. The van der Waals surface area contributed by atoms with Crippen LogP contribution in [0.15, 0.2) is 60.7 Å². The van der Waals surface area contributed by atoms with Gasteiger partial charge in [0.25, 0.3) is 5.91 Å². The number of amides is 4. The van der Waals surface area contributed by atoms with Crippen LogP contribution in [-0.2, 0) is 4.79 Å². The van der Waals surface area contributed by atoms with E-state index in [0.29, 0.717) is 38.4 Å². The van der Waals surface area contributed by atoms with Crippen molar-refractivity contribution in [3.63, 3.8) is 0 Å². The van der Waals surface area contributed by atoms with Crippen LogP contribution in [0.5, 0.6) is 0 Å². The minimum absolute atomic E-state index is 0.0520. The van der Waals surface area contributed by atoms with Crippen LogP contribution in [0, 0.1) is 0 Å². The smallest absolute Gasteiger partial charge is 0.321 e. The third-order valence-electron chi connectivity index (χ3n) is 5.66. The second-order valence-electron chi connectivity index (χ2n) is 7.76. The standard InChI is InChI=1S/C24H27N5O3/c1-2-25-24(32)27-22(30)21(17-8-4-3-5-9-17)28-12-14-29(15-13-28)23(31)20-16-18-10-6-7-11-19(18)26-20/h3-11,16,21,26H,2,12-15H2,1H3,(H2,25,27,30,32). The number of aromatic nitrogens is 1. The fourth-order valence-electron chi connectivity index (χ4n) is 4.09. The summed E-state index contributed by atoms with van der Waals surface area (Å²) in [7, 11) is 0. The third-order valence-corrected chi connectivity index (χ3v) is 5.66. The molecule has 4 rings (SSSR count). The molecule has 1 unspecified atom stereocenters. The van der Waals surface area contributed by atoms with Crippen molar-refractivity contribution in [2.45, 2.75) is 13.0 Å². The van der Waals surface area contributed by atoms with Crippen molar-refractivity contribution in [1.82, 2.24) is 25.4 Å². The van der Waals surface area contributed by atoms with E-state index >= 15 is 0 Å². The van der Waals surface area contributed by atoms with Gasteiger partial charge in [-0.3, -0.25) is 19.8 Å². The van der Waals surface area contributed by atoms with Crippen LogP contribution in [0.2, 0.25) is 0 Å². The largest absolute Gasteiger partial charge is 0.351 e. The monoisotopic (exact) mass is 433 g/mol. The average Bonchev–Trinajstić information content (AvgIpc) is 3.24. The summed E-state index contributed by atoms with van der Waals surface area (Å²) in [4.78, 5) is 44.9. The number of imide groups is 1. The normalized spacial score (nSPS) is 15.3. The molecule has 0 radical (unpaired) electrons. The van der Waals surface area contributed by atoms with Crippen LogP contribution in [0.1, 0.15) is 29.0 Å². The molecular formula is C24H27N5O3. The first kappa shape index (κ1) is 21.6. The van der Waals surface area contributed by atoms with E-state index < -0.39 is 12.1 Å². The Labute approximate surface area is 186 Å². The Balaban J connectivity index is 1.46. The Morgan fingerprint density at radius 3 is 2.34 bits per heavy atom. The van der Waals surface area contributed by atoms with E-state index in [1.54, 1.807) is 11.8 Å². The second-order valence-corrected chi connectivity index (χ2v) is 7.76. The number of urea groups is 1. The molecule has 3 N–H and O–H groups in total. The lowest BCUT2D eigenvalue weighted by Crippen LogP contribution is -2.53. The molecule has 1 saturated heterocycles. The van der Waals surface area contributed by atoms with Gasteiger partial charge < -0.3 is 15.2 Å². The number of nitrogens with one attached hydrogen (secondary N) is 3. The molecule has 1 aliphatic heterocycles. The Hall–Kier alpha value is -3.65. The predicted octanol–water partition coefficient (Wildman–Crippen LogP) is 2.51. The molecule has 4 amide bonds. The van der Waals surface area contributed by atoms with E-state index in [1.165, 1.54) is 0 Å². The summed E-state index contributed by atoms with van der Waals surface area (Å²) < 4.78 is 0. The molecule has 2 heterocycles. The van der Waals surface area contributed by atoms with Gasteiger partial charge in [0.15, 0.2) is 0 Å². The number of fused-ring (bicyclic) bond motifs is 1. The highest BCUT2D eigenvalue weighted by molar-refractivity contribution is 5.98. The van der Waals surface area contributed by atoms with E-state index in [-0.39, 0.29) is 11.8 Å². The van der Waals surface area contributed by atoms with Crippen molar-refractivity contribution < 1.29 is 14.4 Å². The molecule has 0 spiro atoms. The van der Waals surface area contributed by atoms with Crippen molar-refractivity contribution in [2.24, 2.45) is 0 Å².